The van der Waals surface area contributed by atoms with Gasteiger partial charge in [-0.1, -0.05) is 11.6 Å². The summed E-state index contributed by atoms with van der Waals surface area (Å²) < 4.78 is 13.5. The Morgan fingerprint density at radius 3 is 2.81 bits per heavy atom. The summed E-state index contributed by atoms with van der Waals surface area (Å²) in [6.45, 7) is 0. The van der Waals surface area contributed by atoms with E-state index in [0.29, 0.717) is 16.8 Å². The Kier molecular flexibility index (Phi) is 2.63. The van der Waals surface area contributed by atoms with Crippen LogP contribution < -0.4 is 5.32 Å². The van der Waals surface area contributed by atoms with Gasteiger partial charge in [0.15, 0.2) is 5.82 Å². The minimum atomic E-state index is -0.497. The third-order valence-electron chi connectivity index (χ3n) is 2.19. The number of hydrogen-bond donors (Lipinski definition) is 1. The maximum absolute atomic E-state index is 13.5. The highest BCUT2D eigenvalue weighted by Gasteiger charge is 2.09. The SMILES string of the molecule is CNc1nc2c(F)cc(Cl)cc2cc1C#N. The Labute approximate surface area is 96.5 Å². The number of hydrogen-bond acceptors (Lipinski definition) is 3. The number of fused-ring (bicyclic) bond motifs is 1. The molecule has 0 saturated carbocycles. The van der Waals surface area contributed by atoms with Crippen LogP contribution in [0.4, 0.5) is 10.2 Å². The van der Waals surface area contributed by atoms with Crippen LogP contribution in [0.5, 0.6) is 0 Å². The summed E-state index contributed by atoms with van der Waals surface area (Å²) in [7, 11) is 1.63. The van der Waals surface area contributed by atoms with Crippen LogP contribution >= 0.6 is 11.6 Å². The van der Waals surface area contributed by atoms with Crippen LogP contribution in [0.15, 0.2) is 18.2 Å². The van der Waals surface area contributed by atoms with E-state index in [0.717, 1.165) is 0 Å². The van der Waals surface area contributed by atoms with Gasteiger partial charge in [0.2, 0.25) is 0 Å². The zero-order valence-corrected chi connectivity index (χ0v) is 9.14. The maximum Gasteiger partial charge on any atom is 0.150 e. The molecular weight excluding hydrogens is 229 g/mol. The van der Waals surface area contributed by atoms with Crippen LogP contribution in [0.25, 0.3) is 10.9 Å². The lowest BCUT2D eigenvalue weighted by molar-refractivity contribution is 0.637. The monoisotopic (exact) mass is 235 g/mol. The average Bonchev–Trinajstić information content (AvgIpc) is 2.27. The number of benzene rings is 1. The first kappa shape index (κ1) is 10.7. The number of nitrogens with one attached hydrogen (secondary N) is 1. The highest BCUT2D eigenvalue weighted by atomic mass is 35.5. The summed E-state index contributed by atoms with van der Waals surface area (Å²) in [5, 5.41) is 12.4. The summed E-state index contributed by atoms with van der Waals surface area (Å²) >= 11 is 5.73. The largest absolute Gasteiger partial charge is 0.372 e. The van der Waals surface area contributed by atoms with Crippen molar-refractivity contribution in [3.8, 4) is 6.07 Å². The maximum atomic E-state index is 13.5. The van der Waals surface area contributed by atoms with E-state index in [4.69, 9.17) is 16.9 Å². The predicted octanol–water partition coefficient (Wildman–Crippen LogP) is 2.94. The number of pyridine rings is 1. The number of aromatic nitrogens is 1. The number of anilines is 1. The van der Waals surface area contributed by atoms with Gasteiger partial charge in [0.1, 0.15) is 17.4 Å². The molecule has 0 atom stereocenters. The van der Waals surface area contributed by atoms with E-state index >= 15 is 0 Å². The van der Waals surface area contributed by atoms with Crippen molar-refractivity contribution in [1.82, 2.24) is 4.98 Å². The fourth-order valence-electron chi connectivity index (χ4n) is 1.49. The normalized spacial score (nSPS) is 10.1. The van der Waals surface area contributed by atoms with Gasteiger partial charge in [-0.2, -0.15) is 5.26 Å². The highest BCUT2D eigenvalue weighted by molar-refractivity contribution is 6.31. The molecule has 2 aromatic rings. The molecule has 0 amide bonds. The Morgan fingerprint density at radius 1 is 1.44 bits per heavy atom. The lowest BCUT2D eigenvalue weighted by atomic mass is 10.1. The lowest BCUT2D eigenvalue weighted by Gasteiger charge is -2.05. The zero-order chi connectivity index (χ0) is 11.7. The quantitative estimate of drug-likeness (QED) is 0.827. The Balaban J connectivity index is 2.84. The van der Waals surface area contributed by atoms with Crippen LogP contribution in [-0.4, -0.2) is 12.0 Å². The summed E-state index contributed by atoms with van der Waals surface area (Å²) in [5.74, 6) is -0.139. The molecule has 0 unspecified atom stereocenters. The van der Waals surface area contributed by atoms with E-state index < -0.39 is 5.82 Å². The van der Waals surface area contributed by atoms with E-state index in [-0.39, 0.29) is 10.5 Å². The summed E-state index contributed by atoms with van der Waals surface area (Å²) in [6, 6.07) is 6.32. The topological polar surface area (TPSA) is 48.7 Å². The molecule has 0 saturated heterocycles. The molecule has 16 heavy (non-hydrogen) atoms. The Morgan fingerprint density at radius 2 is 2.19 bits per heavy atom. The fraction of sp³-hybridized carbons (Fsp3) is 0.0909. The smallest absolute Gasteiger partial charge is 0.150 e. The zero-order valence-electron chi connectivity index (χ0n) is 8.38. The first-order chi connectivity index (χ1) is 7.65. The predicted molar refractivity (Wildman–Crippen MR) is 61.0 cm³/mol. The number of nitrogens with zero attached hydrogens (tertiary/aromatic N) is 2. The molecule has 5 heteroatoms. The molecular formula is C11H7ClFN3. The third kappa shape index (κ3) is 1.66. The first-order valence-corrected chi connectivity index (χ1v) is 4.91. The number of nitriles is 1. The van der Waals surface area contributed by atoms with Gasteiger partial charge < -0.3 is 5.32 Å². The molecule has 0 aliphatic rings. The molecule has 2 rings (SSSR count). The second-order valence-corrected chi connectivity index (χ2v) is 3.64. The number of halogens is 2. The second-order valence-electron chi connectivity index (χ2n) is 3.21. The van der Waals surface area contributed by atoms with Gasteiger partial charge in [-0.05, 0) is 18.2 Å². The van der Waals surface area contributed by atoms with Crippen molar-refractivity contribution in [2.45, 2.75) is 0 Å². The van der Waals surface area contributed by atoms with Crippen molar-refractivity contribution in [2.24, 2.45) is 0 Å². The van der Waals surface area contributed by atoms with Gasteiger partial charge >= 0.3 is 0 Å². The van der Waals surface area contributed by atoms with Crippen molar-refractivity contribution in [1.29, 1.82) is 5.26 Å². The van der Waals surface area contributed by atoms with Gasteiger partial charge in [0.05, 0.1) is 5.56 Å². The van der Waals surface area contributed by atoms with Gasteiger partial charge in [-0.15, -0.1) is 0 Å². The number of rotatable bonds is 1. The van der Waals surface area contributed by atoms with Gasteiger partial charge in [0, 0.05) is 17.5 Å². The minimum Gasteiger partial charge on any atom is -0.372 e. The highest BCUT2D eigenvalue weighted by Crippen LogP contribution is 2.25. The molecule has 1 aromatic heterocycles. The molecule has 0 fully saturated rings. The van der Waals surface area contributed by atoms with E-state index in [9.17, 15) is 4.39 Å². The lowest BCUT2D eigenvalue weighted by Crippen LogP contribution is -1.97. The van der Waals surface area contributed by atoms with Crippen LogP contribution in [-0.2, 0) is 0 Å². The molecule has 1 heterocycles. The van der Waals surface area contributed by atoms with Crippen LogP contribution in [0.2, 0.25) is 5.02 Å². The molecule has 0 aliphatic carbocycles. The standard InChI is InChI=1S/C11H7ClFN3/c1-15-11-7(5-14)2-6-3-8(12)4-9(13)10(6)16-11/h2-4H,1H3,(H,15,16). The van der Waals surface area contributed by atoms with Crippen molar-refractivity contribution in [2.75, 3.05) is 12.4 Å². The van der Waals surface area contributed by atoms with E-state index in [1.54, 1.807) is 19.2 Å². The second kappa shape index (κ2) is 3.95. The van der Waals surface area contributed by atoms with Crippen LogP contribution in [0.3, 0.4) is 0 Å². The molecule has 0 bridgehead atoms. The first-order valence-electron chi connectivity index (χ1n) is 4.53. The average molecular weight is 236 g/mol. The van der Waals surface area contributed by atoms with Crippen LogP contribution in [0.1, 0.15) is 5.56 Å². The van der Waals surface area contributed by atoms with Crippen LogP contribution in [0, 0.1) is 17.1 Å². The fourth-order valence-corrected chi connectivity index (χ4v) is 1.70. The van der Waals surface area contributed by atoms with E-state index in [2.05, 4.69) is 10.3 Å². The summed E-state index contributed by atoms with van der Waals surface area (Å²) in [4.78, 5) is 4.04. The molecule has 80 valence electrons. The summed E-state index contributed by atoms with van der Waals surface area (Å²) in [6.07, 6.45) is 0. The Bertz CT molecular complexity index is 604. The molecule has 0 aliphatic heterocycles. The Hall–Kier alpha value is -1.86. The molecule has 0 spiro atoms. The van der Waals surface area contributed by atoms with E-state index in [1.807, 2.05) is 6.07 Å². The molecule has 0 radical (unpaired) electrons. The molecule has 1 aromatic carbocycles. The van der Waals surface area contributed by atoms with Crippen molar-refractivity contribution in [3.05, 3.63) is 34.6 Å². The van der Waals surface area contributed by atoms with E-state index in [1.165, 1.54) is 6.07 Å². The van der Waals surface area contributed by atoms with Gasteiger partial charge in [-0.25, -0.2) is 9.37 Å². The van der Waals surface area contributed by atoms with Crippen molar-refractivity contribution >= 4 is 28.3 Å². The molecule has 3 nitrogen and oxygen atoms in total. The third-order valence-corrected chi connectivity index (χ3v) is 2.41. The molecule has 1 N–H and O–H groups in total. The van der Waals surface area contributed by atoms with Gasteiger partial charge in [-0.3, -0.25) is 0 Å². The van der Waals surface area contributed by atoms with Gasteiger partial charge in [0.25, 0.3) is 0 Å². The minimum absolute atomic E-state index is 0.202. The van der Waals surface area contributed by atoms with Crippen molar-refractivity contribution in [3.63, 3.8) is 0 Å². The van der Waals surface area contributed by atoms with Crippen molar-refractivity contribution < 1.29 is 4.39 Å². The summed E-state index contributed by atoms with van der Waals surface area (Å²) in [5.41, 5.74) is 0.560.